The van der Waals surface area contributed by atoms with Gasteiger partial charge in [-0.05, 0) is 35.2 Å². The maximum absolute atomic E-state index is 11.0. The highest BCUT2D eigenvalue weighted by atomic mass is 16.1. The molecule has 2 rings (SSSR count). The van der Waals surface area contributed by atoms with E-state index in [1.807, 2.05) is 30.3 Å². The number of aryl methyl sites for hydroxylation is 1. The van der Waals surface area contributed by atoms with Crippen molar-refractivity contribution in [2.24, 2.45) is 5.73 Å². The normalized spacial score (nSPS) is 10.1. The topological polar surface area (TPSA) is 60.2 Å². The molecular weight excluding hydrogens is 238 g/mol. The van der Waals surface area contributed by atoms with Crippen molar-refractivity contribution in [2.75, 3.05) is 0 Å². The van der Waals surface area contributed by atoms with E-state index in [9.17, 15) is 9.59 Å². The zero-order valence-electron chi connectivity index (χ0n) is 10.5. The van der Waals surface area contributed by atoms with Crippen LogP contribution in [0.4, 0.5) is 0 Å². The molecule has 0 aliphatic carbocycles. The number of hydrogen-bond donors (Lipinski definition) is 1. The first kappa shape index (κ1) is 13.0. The molecule has 3 heteroatoms. The summed E-state index contributed by atoms with van der Waals surface area (Å²) in [5.41, 5.74) is 8.93. The van der Waals surface area contributed by atoms with Crippen LogP contribution >= 0.6 is 0 Å². The molecule has 1 amide bonds. The van der Waals surface area contributed by atoms with Gasteiger partial charge in [-0.3, -0.25) is 4.79 Å². The maximum Gasteiger partial charge on any atom is 0.248 e. The number of carbonyl (C=O) groups is 2. The number of rotatable bonds is 5. The fraction of sp³-hybridized carbons (Fsp3) is 0.125. The van der Waals surface area contributed by atoms with Gasteiger partial charge in [-0.25, -0.2) is 0 Å². The van der Waals surface area contributed by atoms with Gasteiger partial charge in [0.05, 0.1) is 0 Å². The zero-order chi connectivity index (χ0) is 13.7. The van der Waals surface area contributed by atoms with Crippen LogP contribution in [0.15, 0.2) is 48.5 Å². The Morgan fingerprint density at radius 1 is 1.05 bits per heavy atom. The van der Waals surface area contributed by atoms with Gasteiger partial charge in [0.1, 0.15) is 6.29 Å². The minimum Gasteiger partial charge on any atom is -0.366 e. The van der Waals surface area contributed by atoms with Crippen molar-refractivity contribution in [1.29, 1.82) is 0 Å². The van der Waals surface area contributed by atoms with Gasteiger partial charge >= 0.3 is 0 Å². The highest BCUT2D eigenvalue weighted by Gasteiger charge is 2.02. The fourth-order valence-corrected chi connectivity index (χ4v) is 1.96. The fourth-order valence-electron chi connectivity index (χ4n) is 1.96. The molecule has 0 aliphatic heterocycles. The molecular formula is C16H15NO2. The van der Waals surface area contributed by atoms with Crippen molar-refractivity contribution in [1.82, 2.24) is 0 Å². The van der Waals surface area contributed by atoms with Crippen LogP contribution in [-0.4, -0.2) is 12.2 Å². The van der Waals surface area contributed by atoms with Gasteiger partial charge in [0, 0.05) is 12.0 Å². The quantitative estimate of drug-likeness (QED) is 0.832. The standard InChI is InChI=1S/C16H15NO2/c17-16(19)14-8-6-13(7-9-14)15-5-1-3-12(11-15)4-2-10-18/h1,3,5-11H,2,4H2,(H2,17,19). The van der Waals surface area contributed by atoms with Crippen LogP contribution < -0.4 is 5.73 Å². The molecule has 0 spiro atoms. The number of hydrogen-bond acceptors (Lipinski definition) is 2. The molecule has 0 saturated heterocycles. The number of aldehydes is 1. The summed E-state index contributed by atoms with van der Waals surface area (Å²) in [6.07, 6.45) is 2.20. The summed E-state index contributed by atoms with van der Waals surface area (Å²) in [6, 6.07) is 15.2. The molecule has 0 aliphatic rings. The number of carbonyl (C=O) groups excluding carboxylic acids is 2. The highest BCUT2D eigenvalue weighted by molar-refractivity contribution is 5.93. The number of nitrogens with two attached hydrogens (primary N) is 1. The first-order chi connectivity index (χ1) is 9.20. The molecule has 0 radical (unpaired) electrons. The lowest BCUT2D eigenvalue weighted by Gasteiger charge is -2.05. The molecule has 0 atom stereocenters. The molecule has 3 nitrogen and oxygen atoms in total. The number of amides is 1. The first-order valence-electron chi connectivity index (χ1n) is 6.13. The van der Waals surface area contributed by atoms with Crippen LogP contribution in [0.2, 0.25) is 0 Å². The summed E-state index contributed by atoms with van der Waals surface area (Å²) in [5.74, 6) is -0.425. The van der Waals surface area contributed by atoms with E-state index in [-0.39, 0.29) is 0 Å². The van der Waals surface area contributed by atoms with Crippen molar-refractivity contribution < 1.29 is 9.59 Å². The molecule has 0 heterocycles. The average molecular weight is 253 g/mol. The van der Waals surface area contributed by atoms with Crippen LogP contribution in [0, 0.1) is 0 Å². The van der Waals surface area contributed by atoms with Gasteiger partial charge in [0.25, 0.3) is 0 Å². The van der Waals surface area contributed by atoms with E-state index in [4.69, 9.17) is 5.73 Å². The molecule has 0 aromatic heterocycles. The Morgan fingerprint density at radius 2 is 1.79 bits per heavy atom. The van der Waals surface area contributed by atoms with Gasteiger partial charge in [-0.15, -0.1) is 0 Å². The maximum atomic E-state index is 11.0. The third-order valence-corrected chi connectivity index (χ3v) is 2.98. The molecule has 2 aromatic carbocycles. The summed E-state index contributed by atoms with van der Waals surface area (Å²) in [7, 11) is 0. The predicted octanol–water partition coefficient (Wildman–Crippen LogP) is 2.58. The SMILES string of the molecule is NC(=O)c1ccc(-c2cccc(CCC=O)c2)cc1. The van der Waals surface area contributed by atoms with E-state index in [1.165, 1.54) is 0 Å². The second-order valence-corrected chi connectivity index (χ2v) is 4.35. The van der Waals surface area contributed by atoms with E-state index in [0.717, 1.165) is 29.4 Å². The van der Waals surface area contributed by atoms with Gasteiger partial charge < -0.3 is 10.5 Å². The third-order valence-electron chi connectivity index (χ3n) is 2.98. The lowest BCUT2D eigenvalue weighted by Crippen LogP contribution is -2.10. The molecule has 96 valence electrons. The zero-order valence-corrected chi connectivity index (χ0v) is 10.5. The van der Waals surface area contributed by atoms with Crippen molar-refractivity contribution in [3.63, 3.8) is 0 Å². The lowest BCUT2D eigenvalue weighted by atomic mass is 10.00. The molecule has 19 heavy (non-hydrogen) atoms. The Kier molecular flexibility index (Phi) is 4.08. The van der Waals surface area contributed by atoms with Gasteiger partial charge in [-0.2, -0.15) is 0 Å². The van der Waals surface area contributed by atoms with Crippen molar-refractivity contribution >= 4 is 12.2 Å². The van der Waals surface area contributed by atoms with Crippen LogP contribution in [0.1, 0.15) is 22.3 Å². The molecule has 0 bridgehead atoms. The van der Waals surface area contributed by atoms with Crippen LogP contribution in [0.25, 0.3) is 11.1 Å². The summed E-state index contributed by atoms with van der Waals surface area (Å²) in [5, 5.41) is 0. The second kappa shape index (κ2) is 5.96. The highest BCUT2D eigenvalue weighted by Crippen LogP contribution is 2.21. The number of primary amides is 1. The first-order valence-corrected chi connectivity index (χ1v) is 6.13. The smallest absolute Gasteiger partial charge is 0.248 e. The minimum atomic E-state index is -0.425. The van der Waals surface area contributed by atoms with Crippen LogP contribution in [0.3, 0.4) is 0 Å². The Morgan fingerprint density at radius 3 is 2.42 bits per heavy atom. The average Bonchev–Trinajstić information content (AvgIpc) is 2.45. The largest absolute Gasteiger partial charge is 0.366 e. The molecule has 0 unspecified atom stereocenters. The third kappa shape index (κ3) is 3.28. The summed E-state index contributed by atoms with van der Waals surface area (Å²) in [4.78, 5) is 21.4. The number of benzene rings is 2. The van der Waals surface area contributed by atoms with E-state index in [2.05, 4.69) is 6.07 Å². The van der Waals surface area contributed by atoms with Crippen molar-refractivity contribution in [3.05, 3.63) is 59.7 Å². The monoisotopic (exact) mass is 253 g/mol. The summed E-state index contributed by atoms with van der Waals surface area (Å²) >= 11 is 0. The van der Waals surface area contributed by atoms with Gasteiger partial charge in [0.15, 0.2) is 0 Å². The Hall–Kier alpha value is -2.42. The van der Waals surface area contributed by atoms with Crippen LogP contribution in [-0.2, 0) is 11.2 Å². The lowest BCUT2D eigenvalue weighted by molar-refractivity contribution is -0.107. The van der Waals surface area contributed by atoms with Gasteiger partial charge in [-0.1, -0.05) is 36.4 Å². The molecule has 0 fully saturated rings. The predicted molar refractivity (Wildman–Crippen MR) is 74.8 cm³/mol. The Bertz CT molecular complexity index is 588. The van der Waals surface area contributed by atoms with Crippen molar-refractivity contribution in [3.8, 4) is 11.1 Å². The second-order valence-electron chi connectivity index (χ2n) is 4.35. The van der Waals surface area contributed by atoms with E-state index >= 15 is 0 Å². The molecule has 2 aromatic rings. The molecule has 0 saturated carbocycles. The summed E-state index contributed by atoms with van der Waals surface area (Å²) < 4.78 is 0. The van der Waals surface area contributed by atoms with Crippen LogP contribution in [0.5, 0.6) is 0 Å². The van der Waals surface area contributed by atoms with E-state index in [0.29, 0.717) is 12.0 Å². The Balaban J connectivity index is 2.25. The Labute approximate surface area is 112 Å². The summed E-state index contributed by atoms with van der Waals surface area (Å²) in [6.45, 7) is 0. The minimum absolute atomic E-state index is 0.425. The van der Waals surface area contributed by atoms with E-state index in [1.54, 1.807) is 12.1 Å². The van der Waals surface area contributed by atoms with Gasteiger partial charge in [0.2, 0.25) is 5.91 Å². The van der Waals surface area contributed by atoms with E-state index < -0.39 is 5.91 Å². The van der Waals surface area contributed by atoms with Crippen molar-refractivity contribution in [2.45, 2.75) is 12.8 Å². The molecule has 2 N–H and O–H groups in total.